The molecule has 3 aromatic rings. The normalized spacial score (nSPS) is 14.4. The summed E-state index contributed by atoms with van der Waals surface area (Å²) in [5.41, 5.74) is 2.47. The monoisotopic (exact) mass is 478 g/mol. The van der Waals surface area contributed by atoms with Gasteiger partial charge in [0.25, 0.3) is 5.91 Å². The van der Waals surface area contributed by atoms with E-state index in [1.165, 1.54) is 0 Å². The summed E-state index contributed by atoms with van der Waals surface area (Å²) >= 11 is 0. The van der Waals surface area contributed by atoms with Gasteiger partial charge in [-0.05, 0) is 48.2 Å². The lowest BCUT2D eigenvalue weighted by Crippen LogP contribution is -2.35. The number of rotatable bonds is 9. The second-order valence-electron chi connectivity index (χ2n) is 9.40. The van der Waals surface area contributed by atoms with Gasteiger partial charge in [0.2, 0.25) is 0 Å². The number of benzene rings is 2. The summed E-state index contributed by atoms with van der Waals surface area (Å²) in [6, 6.07) is 13.0. The molecule has 0 aliphatic carbocycles. The molecule has 1 aliphatic rings. The van der Waals surface area contributed by atoms with Crippen LogP contribution in [0.4, 0.5) is 5.69 Å². The first kappa shape index (κ1) is 24.9. The van der Waals surface area contributed by atoms with E-state index in [4.69, 9.17) is 13.9 Å². The molecule has 0 bridgehead atoms. The highest BCUT2D eigenvalue weighted by atomic mass is 16.5. The Kier molecular flexibility index (Phi) is 8.21. The van der Waals surface area contributed by atoms with E-state index in [-0.39, 0.29) is 5.56 Å². The quantitative estimate of drug-likeness (QED) is 0.442. The number of aryl methyl sites for hydroxylation is 1. The van der Waals surface area contributed by atoms with Crippen LogP contribution in [0.15, 0.2) is 51.7 Å². The van der Waals surface area contributed by atoms with E-state index >= 15 is 0 Å². The summed E-state index contributed by atoms with van der Waals surface area (Å²) in [4.78, 5) is 28.0. The minimum absolute atomic E-state index is 0.0202. The van der Waals surface area contributed by atoms with Crippen LogP contribution in [0.25, 0.3) is 11.0 Å². The predicted octanol–water partition coefficient (Wildman–Crippen LogP) is 4.86. The highest BCUT2D eigenvalue weighted by molar-refractivity contribution is 6.05. The van der Waals surface area contributed by atoms with Crippen LogP contribution in [0.2, 0.25) is 0 Å². The van der Waals surface area contributed by atoms with Crippen LogP contribution in [0.5, 0.6) is 5.75 Å². The van der Waals surface area contributed by atoms with Crippen molar-refractivity contribution >= 4 is 22.6 Å². The lowest BCUT2D eigenvalue weighted by Gasteiger charge is -2.26. The van der Waals surface area contributed by atoms with E-state index in [9.17, 15) is 9.59 Å². The average molecular weight is 479 g/mol. The molecule has 0 spiro atoms. The highest BCUT2D eigenvalue weighted by Gasteiger charge is 2.18. The Labute approximate surface area is 206 Å². The average Bonchev–Trinajstić information content (AvgIpc) is 2.85. The number of anilines is 1. The van der Waals surface area contributed by atoms with Crippen LogP contribution in [0, 0.1) is 5.92 Å². The van der Waals surface area contributed by atoms with Crippen LogP contribution in [-0.4, -0.2) is 43.7 Å². The number of ether oxygens (including phenoxy) is 2. The number of carbonyl (C=O) groups excluding carboxylic acids is 1. The Morgan fingerprint density at radius 3 is 2.54 bits per heavy atom. The van der Waals surface area contributed by atoms with Gasteiger partial charge in [-0.25, -0.2) is 4.79 Å². The maximum absolute atomic E-state index is 12.9. The van der Waals surface area contributed by atoms with Gasteiger partial charge in [0.15, 0.2) is 0 Å². The van der Waals surface area contributed by atoms with Gasteiger partial charge >= 0.3 is 5.63 Å². The van der Waals surface area contributed by atoms with E-state index in [1.54, 1.807) is 6.07 Å². The summed E-state index contributed by atoms with van der Waals surface area (Å²) in [6.45, 7) is 11.0. The summed E-state index contributed by atoms with van der Waals surface area (Å²) in [5, 5.41) is 3.53. The third-order valence-corrected chi connectivity index (χ3v) is 6.00. The molecule has 7 heteroatoms. The third-order valence-electron chi connectivity index (χ3n) is 6.00. The van der Waals surface area contributed by atoms with Gasteiger partial charge in [-0.15, -0.1) is 0 Å². The van der Waals surface area contributed by atoms with Crippen molar-refractivity contribution in [2.45, 2.75) is 40.2 Å². The van der Waals surface area contributed by atoms with Gasteiger partial charge in [-0.3, -0.25) is 9.69 Å². The first-order valence-corrected chi connectivity index (χ1v) is 12.4. The summed E-state index contributed by atoms with van der Waals surface area (Å²) in [6.07, 6.45) is 1.60. The first-order chi connectivity index (χ1) is 16.9. The Hall–Kier alpha value is -3.16. The zero-order valence-corrected chi connectivity index (χ0v) is 20.8. The maximum Gasteiger partial charge on any atom is 0.349 e. The number of morpholine rings is 1. The fraction of sp³-hybridized carbons (Fsp3) is 0.429. The molecule has 0 radical (unpaired) electrons. The number of carbonyl (C=O) groups is 1. The van der Waals surface area contributed by atoms with Crippen molar-refractivity contribution in [2.24, 2.45) is 5.92 Å². The third kappa shape index (κ3) is 6.29. The standard InChI is InChI=1S/C28H34N2O5/c1-4-5-23-25(34-18-19(2)3)11-8-21-16-24(28(32)35-26(21)23)27(31)29-22-9-6-20(7-10-22)17-30-12-14-33-15-13-30/h6-11,16,19H,4-5,12-15,17-18H2,1-3H3,(H,29,31). The van der Waals surface area contributed by atoms with Gasteiger partial charge in [0.05, 0.1) is 19.8 Å². The summed E-state index contributed by atoms with van der Waals surface area (Å²) < 4.78 is 17.0. The van der Waals surface area contributed by atoms with Crippen molar-refractivity contribution in [3.8, 4) is 5.75 Å². The van der Waals surface area contributed by atoms with Crippen LogP contribution in [0.1, 0.15) is 48.7 Å². The molecule has 1 aromatic heterocycles. The molecule has 7 nitrogen and oxygen atoms in total. The number of fused-ring (bicyclic) bond motifs is 1. The number of hydrogen-bond acceptors (Lipinski definition) is 6. The second-order valence-corrected chi connectivity index (χ2v) is 9.40. The van der Waals surface area contributed by atoms with Crippen molar-refractivity contribution < 1.29 is 18.7 Å². The molecule has 1 saturated heterocycles. The highest BCUT2D eigenvalue weighted by Crippen LogP contribution is 2.29. The minimum atomic E-state index is -0.655. The second kappa shape index (κ2) is 11.5. The minimum Gasteiger partial charge on any atom is -0.493 e. The number of nitrogens with one attached hydrogen (secondary N) is 1. The number of nitrogens with zero attached hydrogens (tertiary/aromatic N) is 1. The molecule has 1 fully saturated rings. The Bertz CT molecular complexity index is 1210. The van der Waals surface area contributed by atoms with Crippen molar-refractivity contribution in [1.82, 2.24) is 4.90 Å². The molecule has 2 aromatic carbocycles. The smallest absolute Gasteiger partial charge is 0.349 e. The van der Waals surface area contributed by atoms with Crippen molar-refractivity contribution in [3.63, 3.8) is 0 Å². The Morgan fingerprint density at radius 1 is 1.11 bits per heavy atom. The Morgan fingerprint density at radius 2 is 1.86 bits per heavy atom. The van der Waals surface area contributed by atoms with Crippen molar-refractivity contribution in [2.75, 3.05) is 38.2 Å². The van der Waals surface area contributed by atoms with Gasteiger partial charge in [-0.2, -0.15) is 0 Å². The maximum atomic E-state index is 12.9. The molecule has 1 amide bonds. The summed E-state index contributed by atoms with van der Waals surface area (Å²) in [5.74, 6) is 0.621. The molecule has 1 aliphatic heterocycles. The molecule has 35 heavy (non-hydrogen) atoms. The molecule has 4 rings (SSSR count). The lowest BCUT2D eigenvalue weighted by molar-refractivity contribution is 0.0342. The predicted molar refractivity (Wildman–Crippen MR) is 137 cm³/mol. The van der Waals surface area contributed by atoms with E-state index < -0.39 is 11.5 Å². The number of amides is 1. The van der Waals surface area contributed by atoms with E-state index in [0.717, 1.165) is 62.6 Å². The lowest BCUT2D eigenvalue weighted by atomic mass is 10.0. The van der Waals surface area contributed by atoms with Crippen molar-refractivity contribution in [3.05, 3.63) is 69.6 Å². The largest absolute Gasteiger partial charge is 0.493 e. The Balaban J connectivity index is 1.51. The molecular weight excluding hydrogens is 444 g/mol. The van der Waals surface area contributed by atoms with Crippen LogP contribution in [-0.2, 0) is 17.7 Å². The van der Waals surface area contributed by atoms with E-state index in [0.29, 0.717) is 29.2 Å². The van der Waals surface area contributed by atoms with Crippen molar-refractivity contribution in [1.29, 1.82) is 0 Å². The van der Waals surface area contributed by atoms with Gasteiger partial charge < -0.3 is 19.2 Å². The van der Waals surface area contributed by atoms with Crippen LogP contribution in [0.3, 0.4) is 0 Å². The van der Waals surface area contributed by atoms with Gasteiger partial charge in [-0.1, -0.05) is 39.3 Å². The van der Waals surface area contributed by atoms with E-state index in [2.05, 4.69) is 31.0 Å². The molecule has 186 valence electrons. The molecule has 0 unspecified atom stereocenters. The molecule has 0 saturated carbocycles. The molecule has 2 heterocycles. The van der Waals surface area contributed by atoms with Crippen LogP contribution >= 0.6 is 0 Å². The van der Waals surface area contributed by atoms with Gasteiger partial charge in [0, 0.05) is 36.3 Å². The summed E-state index contributed by atoms with van der Waals surface area (Å²) in [7, 11) is 0. The molecule has 1 N–H and O–H groups in total. The first-order valence-electron chi connectivity index (χ1n) is 12.4. The molecule has 0 atom stereocenters. The SMILES string of the molecule is CCCc1c(OCC(C)C)ccc2cc(C(=O)Nc3ccc(CN4CCOCC4)cc3)c(=O)oc12. The topological polar surface area (TPSA) is 81.0 Å². The fourth-order valence-corrected chi connectivity index (χ4v) is 4.17. The fourth-order valence-electron chi connectivity index (χ4n) is 4.17. The molecular formula is C28H34N2O5. The van der Waals surface area contributed by atoms with Crippen LogP contribution < -0.4 is 15.7 Å². The zero-order valence-electron chi connectivity index (χ0n) is 20.8. The van der Waals surface area contributed by atoms with E-state index in [1.807, 2.05) is 36.4 Å². The zero-order chi connectivity index (χ0) is 24.8. The number of hydrogen-bond donors (Lipinski definition) is 1. The van der Waals surface area contributed by atoms with Gasteiger partial charge in [0.1, 0.15) is 16.9 Å².